The first-order valence-electron chi connectivity index (χ1n) is 5.31. The zero-order chi connectivity index (χ0) is 12.4. The lowest BCUT2D eigenvalue weighted by Crippen LogP contribution is -2.19. The summed E-state index contributed by atoms with van der Waals surface area (Å²) in [7, 11) is 4.07. The maximum Gasteiger partial charge on any atom is 0.0795 e. The summed E-state index contributed by atoms with van der Waals surface area (Å²) in [4.78, 5) is 6.52. The number of aryl methyl sites for hydroxylation is 2. The normalized spacial score (nSPS) is 11.4. The summed E-state index contributed by atoms with van der Waals surface area (Å²) < 4.78 is 3.03. The van der Waals surface area contributed by atoms with Gasteiger partial charge in [0.05, 0.1) is 27.1 Å². The van der Waals surface area contributed by atoms with Crippen LogP contribution in [0.3, 0.4) is 0 Å². The minimum absolute atomic E-state index is 0.857. The van der Waals surface area contributed by atoms with Crippen LogP contribution in [0.25, 0.3) is 0 Å². The van der Waals surface area contributed by atoms with Gasteiger partial charge in [-0.25, -0.2) is 4.98 Å². The van der Waals surface area contributed by atoms with Crippen molar-refractivity contribution in [3.8, 4) is 0 Å². The molecule has 0 fully saturated rings. The minimum Gasteiger partial charge on any atom is -0.295 e. The number of nitrogens with zero attached hydrogens (tertiary/aromatic N) is 4. The van der Waals surface area contributed by atoms with Crippen LogP contribution >= 0.6 is 27.3 Å². The molecule has 0 saturated heterocycles. The van der Waals surface area contributed by atoms with Crippen LogP contribution in [-0.4, -0.2) is 26.7 Å². The van der Waals surface area contributed by atoms with E-state index in [9.17, 15) is 0 Å². The van der Waals surface area contributed by atoms with Crippen molar-refractivity contribution in [2.75, 3.05) is 7.05 Å². The van der Waals surface area contributed by atoms with E-state index < -0.39 is 0 Å². The standard InChI is InChI=1S/C11H15BrN4S/c1-8-11(12)10(16(3)14-8)5-15(2)4-9-6-17-7-13-9/h6-7H,4-5H2,1-3H3. The molecule has 2 aromatic rings. The van der Waals surface area contributed by atoms with E-state index in [4.69, 9.17) is 0 Å². The summed E-state index contributed by atoms with van der Waals surface area (Å²) in [6.45, 7) is 3.73. The quantitative estimate of drug-likeness (QED) is 0.870. The van der Waals surface area contributed by atoms with Crippen molar-refractivity contribution in [2.45, 2.75) is 20.0 Å². The van der Waals surface area contributed by atoms with E-state index in [0.717, 1.165) is 29.0 Å². The van der Waals surface area contributed by atoms with Gasteiger partial charge in [-0.1, -0.05) is 0 Å². The number of halogens is 1. The van der Waals surface area contributed by atoms with Gasteiger partial charge >= 0.3 is 0 Å². The first-order chi connectivity index (χ1) is 8.08. The Bertz CT molecular complexity index is 492. The Labute approximate surface area is 113 Å². The molecule has 0 aliphatic carbocycles. The van der Waals surface area contributed by atoms with Gasteiger partial charge in [-0.15, -0.1) is 11.3 Å². The molecule has 0 N–H and O–H groups in total. The van der Waals surface area contributed by atoms with E-state index in [-0.39, 0.29) is 0 Å². The van der Waals surface area contributed by atoms with E-state index in [0.29, 0.717) is 0 Å². The Balaban J connectivity index is 2.05. The molecule has 0 aliphatic rings. The number of hydrogen-bond acceptors (Lipinski definition) is 4. The molecule has 0 aromatic carbocycles. The molecule has 0 radical (unpaired) electrons. The van der Waals surface area contributed by atoms with Crippen LogP contribution in [0.1, 0.15) is 17.1 Å². The molecule has 0 bridgehead atoms. The van der Waals surface area contributed by atoms with Gasteiger partial charge in [0.25, 0.3) is 0 Å². The molecule has 0 saturated carbocycles. The fourth-order valence-corrected chi connectivity index (χ4v) is 2.77. The fraction of sp³-hybridized carbons (Fsp3) is 0.455. The topological polar surface area (TPSA) is 34.0 Å². The first kappa shape index (κ1) is 12.7. The highest BCUT2D eigenvalue weighted by Crippen LogP contribution is 2.21. The van der Waals surface area contributed by atoms with Crippen LogP contribution in [0.2, 0.25) is 0 Å². The third kappa shape index (κ3) is 2.94. The van der Waals surface area contributed by atoms with E-state index in [1.54, 1.807) is 11.3 Å². The Hall–Kier alpha value is -0.720. The number of thiazole rings is 1. The summed E-state index contributed by atoms with van der Waals surface area (Å²) >= 11 is 5.22. The van der Waals surface area contributed by atoms with Gasteiger partial charge in [0.15, 0.2) is 0 Å². The molecule has 2 heterocycles. The minimum atomic E-state index is 0.857. The molecule has 4 nitrogen and oxygen atoms in total. The van der Waals surface area contributed by atoms with Crippen LogP contribution in [0, 0.1) is 6.92 Å². The second kappa shape index (κ2) is 5.29. The zero-order valence-corrected chi connectivity index (χ0v) is 12.5. The summed E-state index contributed by atoms with van der Waals surface area (Å²) in [6.07, 6.45) is 0. The lowest BCUT2D eigenvalue weighted by molar-refractivity contribution is 0.306. The van der Waals surface area contributed by atoms with E-state index in [1.165, 1.54) is 5.69 Å². The average Bonchev–Trinajstić information content (AvgIpc) is 2.83. The molecule has 17 heavy (non-hydrogen) atoms. The van der Waals surface area contributed by atoms with E-state index in [1.807, 2.05) is 24.2 Å². The molecule has 6 heteroatoms. The predicted molar refractivity (Wildman–Crippen MR) is 72.9 cm³/mol. The summed E-state index contributed by atoms with van der Waals surface area (Å²) in [5.74, 6) is 0. The third-order valence-electron chi connectivity index (χ3n) is 2.60. The van der Waals surface area contributed by atoms with Crippen LogP contribution in [0.4, 0.5) is 0 Å². The van der Waals surface area contributed by atoms with Crippen molar-refractivity contribution in [3.05, 3.63) is 32.4 Å². The summed E-state index contributed by atoms with van der Waals surface area (Å²) in [5.41, 5.74) is 5.21. The molecular weight excluding hydrogens is 300 g/mol. The summed E-state index contributed by atoms with van der Waals surface area (Å²) in [6, 6.07) is 0. The number of hydrogen-bond donors (Lipinski definition) is 0. The Morgan fingerprint density at radius 2 is 2.24 bits per heavy atom. The van der Waals surface area contributed by atoms with Gasteiger partial charge in [-0.3, -0.25) is 9.58 Å². The molecule has 0 spiro atoms. The highest BCUT2D eigenvalue weighted by molar-refractivity contribution is 9.10. The number of aromatic nitrogens is 3. The highest BCUT2D eigenvalue weighted by Gasteiger charge is 2.13. The molecule has 0 amide bonds. The van der Waals surface area contributed by atoms with Gasteiger partial charge < -0.3 is 0 Å². The smallest absolute Gasteiger partial charge is 0.0795 e. The Morgan fingerprint density at radius 3 is 2.76 bits per heavy atom. The van der Waals surface area contributed by atoms with Gasteiger partial charge in [0.2, 0.25) is 0 Å². The van der Waals surface area contributed by atoms with Gasteiger partial charge in [-0.05, 0) is 29.9 Å². The third-order valence-corrected chi connectivity index (χ3v) is 4.26. The monoisotopic (exact) mass is 314 g/mol. The van der Waals surface area contributed by atoms with Crippen molar-refractivity contribution >= 4 is 27.3 Å². The fourth-order valence-electron chi connectivity index (χ4n) is 1.76. The van der Waals surface area contributed by atoms with Crippen LogP contribution in [0.15, 0.2) is 15.4 Å². The number of rotatable bonds is 4. The van der Waals surface area contributed by atoms with Crippen LogP contribution in [0.5, 0.6) is 0 Å². The average molecular weight is 315 g/mol. The molecule has 0 aliphatic heterocycles. The SMILES string of the molecule is Cc1nn(C)c(CN(C)Cc2cscn2)c1Br. The molecular formula is C11H15BrN4S. The van der Waals surface area contributed by atoms with Crippen molar-refractivity contribution in [3.63, 3.8) is 0 Å². The predicted octanol–water partition coefficient (Wildman–Crippen LogP) is 2.58. The highest BCUT2D eigenvalue weighted by atomic mass is 79.9. The lowest BCUT2D eigenvalue weighted by Gasteiger charge is -2.15. The largest absolute Gasteiger partial charge is 0.295 e. The summed E-state index contributed by atoms with van der Waals surface area (Å²) in [5, 5.41) is 6.47. The van der Waals surface area contributed by atoms with Crippen molar-refractivity contribution in [1.29, 1.82) is 0 Å². The van der Waals surface area contributed by atoms with Crippen LogP contribution < -0.4 is 0 Å². The molecule has 92 valence electrons. The van der Waals surface area contributed by atoms with Crippen molar-refractivity contribution in [2.24, 2.45) is 7.05 Å². The maximum absolute atomic E-state index is 4.39. The molecule has 0 unspecified atom stereocenters. The molecule has 2 aromatic heterocycles. The van der Waals surface area contributed by atoms with Crippen molar-refractivity contribution in [1.82, 2.24) is 19.7 Å². The van der Waals surface area contributed by atoms with Gasteiger partial charge in [-0.2, -0.15) is 5.10 Å². The zero-order valence-electron chi connectivity index (χ0n) is 10.1. The molecule has 2 rings (SSSR count). The second-order valence-electron chi connectivity index (χ2n) is 4.12. The van der Waals surface area contributed by atoms with E-state index in [2.05, 4.69) is 43.3 Å². The van der Waals surface area contributed by atoms with Gasteiger partial charge in [0.1, 0.15) is 0 Å². The Morgan fingerprint density at radius 1 is 1.47 bits per heavy atom. The Kier molecular flexibility index (Phi) is 3.96. The lowest BCUT2D eigenvalue weighted by atomic mass is 10.3. The van der Waals surface area contributed by atoms with E-state index >= 15 is 0 Å². The molecule has 0 atom stereocenters. The van der Waals surface area contributed by atoms with Gasteiger partial charge in [0, 0.05) is 25.5 Å². The maximum atomic E-state index is 4.39. The van der Waals surface area contributed by atoms with Crippen LogP contribution in [-0.2, 0) is 20.1 Å². The first-order valence-corrected chi connectivity index (χ1v) is 7.05. The van der Waals surface area contributed by atoms with Crippen molar-refractivity contribution < 1.29 is 0 Å². The second-order valence-corrected chi connectivity index (χ2v) is 5.63.